The molecule has 0 spiro atoms. The highest BCUT2D eigenvalue weighted by molar-refractivity contribution is 9.10. The second kappa shape index (κ2) is 6.97. The minimum absolute atomic E-state index is 0.0751. The molecule has 2 aromatic rings. The zero-order valence-corrected chi connectivity index (χ0v) is 16.8. The molecule has 0 radical (unpaired) electrons. The molecule has 7 heteroatoms. The summed E-state index contributed by atoms with van der Waals surface area (Å²) in [5, 5.41) is 3.24. The standard InChI is InChI=1S/C21H19BrF2N2O2/c1-12-25-21(16-9-14(22)5-8-18(16)24)11-28-19(10-17(21)20(27)26(12)2)13-3-6-15(23)7-4-13/h3-9,17,19,25H,1,10-11H2,2H3/t17-,19+,21+/m0/s1. The lowest BCUT2D eigenvalue weighted by Gasteiger charge is -2.52. The average Bonchev–Trinajstić information content (AvgIpc) is 2.68. The molecule has 4 rings (SSSR count). The zero-order valence-electron chi connectivity index (χ0n) is 15.2. The molecule has 0 aliphatic carbocycles. The number of nitrogens with zero attached hydrogens (tertiary/aromatic N) is 1. The SMILES string of the molecule is C=C1N[C@@]2(c3cc(Br)ccc3F)CO[C@@H](c3ccc(F)cc3)C[C@H]2C(=O)N1C. The van der Waals surface area contributed by atoms with Gasteiger partial charge in [-0.2, -0.15) is 0 Å². The summed E-state index contributed by atoms with van der Waals surface area (Å²) < 4.78 is 34.9. The van der Waals surface area contributed by atoms with E-state index in [1.807, 2.05) is 0 Å². The fourth-order valence-corrected chi connectivity index (χ4v) is 4.40. The summed E-state index contributed by atoms with van der Waals surface area (Å²) in [6.45, 7) is 3.98. The van der Waals surface area contributed by atoms with Crippen LogP contribution < -0.4 is 5.32 Å². The Hall–Kier alpha value is -2.25. The summed E-state index contributed by atoms with van der Waals surface area (Å²) in [6, 6.07) is 10.7. The number of hydrogen-bond acceptors (Lipinski definition) is 3. The molecule has 2 aromatic carbocycles. The first-order valence-electron chi connectivity index (χ1n) is 8.89. The van der Waals surface area contributed by atoms with Gasteiger partial charge in [0.2, 0.25) is 5.91 Å². The third-order valence-electron chi connectivity index (χ3n) is 5.61. The molecule has 2 fully saturated rings. The van der Waals surface area contributed by atoms with E-state index in [1.165, 1.54) is 23.1 Å². The van der Waals surface area contributed by atoms with Crippen LogP contribution in [0, 0.1) is 17.6 Å². The van der Waals surface area contributed by atoms with Gasteiger partial charge in [-0.15, -0.1) is 0 Å². The first kappa shape index (κ1) is 19.1. The van der Waals surface area contributed by atoms with Crippen LogP contribution in [0.25, 0.3) is 0 Å². The monoisotopic (exact) mass is 448 g/mol. The summed E-state index contributed by atoms with van der Waals surface area (Å²) in [4.78, 5) is 14.6. The highest BCUT2D eigenvalue weighted by Crippen LogP contribution is 2.47. The van der Waals surface area contributed by atoms with E-state index in [-0.39, 0.29) is 24.4 Å². The van der Waals surface area contributed by atoms with Crippen molar-refractivity contribution in [3.63, 3.8) is 0 Å². The Labute approximate surface area is 170 Å². The third kappa shape index (κ3) is 3.02. The molecule has 3 atom stereocenters. The number of carbonyl (C=O) groups is 1. The minimum Gasteiger partial charge on any atom is -0.371 e. The maximum atomic E-state index is 14.8. The maximum Gasteiger partial charge on any atom is 0.233 e. The van der Waals surface area contributed by atoms with E-state index in [0.717, 1.165) is 5.56 Å². The molecule has 2 saturated heterocycles. The summed E-state index contributed by atoms with van der Waals surface area (Å²) in [5.74, 6) is -1.09. The number of carbonyl (C=O) groups excluding carboxylic acids is 1. The van der Waals surface area contributed by atoms with Crippen molar-refractivity contribution in [3.05, 3.63) is 82.1 Å². The molecule has 0 aromatic heterocycles. The molecule has 1 amide bonds. The number of fused-ring (bicyclic) bond motifs is 1. The van der Waals surface area contributed by atoms with Crippen molar-refractivity contribution in [2.45, 2.75) is 18.1 Å². The van der Waals surface area contributed by atoms with Gasteiger partial charge in [0.1, 0.15) is 23.0 Å². The second-order valence-corrected chi connectivity index (χ2v) is 8.12. The number of halogens is 3. The van der Waals surface area contributed by atoms with Gasteiger partial charge >= 0.3 is 0 Å². The quantitative estimate of drug-likeness (QED) is 0.746. The van der Waals surface area contributed by atoms with Gasteiger partial charge in [0.15, 0.2) is 0 Å². The van der Waals surface area contributed by atoms with Crippen LogP contribution in [0.15, 0.2) is 59.3 Å². The van der Waals surface area contributed by atoms with Crippen LogP contribution in [0.3, 0.4) is 0 Å². The smallest absolute Gasteiger partial charge is 0.233 e. The Morgan fingerprint density at radius 3 is 2.68 bits per heavy atom. The molecule has 146 valence electrons. The van der Waals surface area contributed by atoms with Gasteiger partial charge in [-0.1, -0.05) is 34.6 Å². The Balaban J connectivity index is 1.78. The van der Waals surface area contributed by atoms with Crippen LogP contribution in [-0.4, -0.2) is 24.5 Å². The molecule has 0 unspecified atom stereocenters. The van der Waals surface area contributed by atoms with E-state index in [1.54, 1.807) is 31.3 Å². The van der Waals surface area contributed by atoms with E-state index in [2.05, 4.69) is 27.8 Å². The van der Waals surface area contributed by atoms with E-state index in [4.69, 9.17) is 4.74 Å². The number of rotatable bonds is 2. The highest BCUT2D eigenvalue weighted by Gasteiger charge is 2.55. The molecule has 2 heterocycles. The summed E-state index contributed by atoms with van der Waals surface area (Å²) >= 11 is 3.39. The molecule has 0 saturated carbocycles. The van der Waals surface area contributed by atoms with Crippen molar-refractivity contribution < 1.29 is 18.3 Å². The lowest BCUT2D eigenvalue weighted by molar-refractivity contribution is -0.154. The van der Waals surface area contributed by atoms with Crippen molar-refractivity contribution in [1.29, 1.82) is 0 Å². The normalized spacial score (nSPS) is 27.4. The lowest BCUT2D eigenvalue weighted by atomic mass is 9.71. The largest absolute Gasteiger partial charge is 0.371 e. The van der Waals surface area contributed by atoms with Crippen LogP contribution in [0.2, 0.25) is 0 Å². The maximum absolute atomic E-state index is 14.8. The van der Waals surface area contributed by atoms with Crippen LogP contribution in [-0.2, 0) is 15.1 Å². The van der Waals surface area contributed by atoms with Gasteiger partial charge in [-0.3, -0.25) is 4.79 Å². The Kier molecular flexibility index (Phi) is 4.75. The van der Waals surface area contributed by atoms with Crippen molar-refractivity contribution >= 4 is 21.8 Å². The van der Waals surface area contributed by atoms with Gasteiger partial charge in [0, 0.05) is 17.1 Å². The van der Waals surface area contributed by atoms with Crippen molar-refractivity contribution in [2.24, 2.45) is 5.92 Å². The lowest BCUT2D eigenvalue weighted by Crippen LogP contribution is -2.65. The fourth-order valence-electron chi connectivity index (χ4n) is 4.04. The first-order chi connectivity index (χ1) is 13.3. The molecule has 2 aliphatic rings. The van der Waals surface area contributed by atoms with Gasteiger partial charge in [0.25, 0.3) is 0 Å². The Morgan fingerprint density at radius 1 is 1.25 bits per heavy atom. The number of ether oxygens (including phenoxy) is 1. The molecular formula is C21H19BrF2N2O2. The number of nitrogens with one attached hydrogen (secondary N) is 1. The molecule has 2 aliphatic heterocycles. The third-order valence-corrected chi connectivity index (χ3v) is 6.10. The van der Waals surface area contributed by atoms with Crippen molar-refractivity contribution in [1.82, 2.24) is 10.2 Å². The van der Waals surface area contributed by atoms with Gasteiger partial charge < -0.3 is 15.0 Å². The number of benzene rings is 2. The van der Waals surface area contributed by atoms with Gasteiger partial charge in [-0.25, -0.2) is 8.78 Å². The van der Waals surface area contributed by atoms with Crippen LogP contribution >= 0.6 is 15.9 Å². The molecular weight excluding hydrogens is 430 g/mol. The summed E-state index contributed by atoms with van der Waals surface area (Å²) in [6.07, 6.45) is -0.0550. The first-order valence-corrected chi connectivity index (χ1v) is 9.68. The Bertz CT molecular complexity index is 950. The number of hydrogen-bond donors (Lipinski definition) is 1. The number of amides is 1. The van der Waals surface area contributed by atoms with Crippen molar-refractivity contribution in [3.8, 4) is 0 Å². The Morgan fingerprint density at radius 2 is 1.96 bits per heavy atom. The predicted octanol–water partition coefficient (Wildman–Crippen LogP) is 4.23. The zero-order chi connectivity index (χ0) is 20.1. The molecule has 1 N–H and O–H groups in total. The second-order valence-electron chi connectivity index (χ2n) is 7.20. The van der Waals surface area contributed by atoms with Crippen LogP contribution in [0.4, 0.5) is 8.78 Å². The summed E-state index contributed by atoms with van der Waals surface area (Å²) in [7, 11) is 1.64. The van der Waals surface area contributed by atoms with Crippen LogP contribution in [0.5, 0.6) is 0 Å². The van der Waals surface area contributed by atoms with Gasteiger partial charge in [0.05, 0.1) is 18.6 Å². The fraction of sp³-hybridized carbons (Fsp3) is 0.286. The molecule has 0 bridgehead atoms. The van der Waals surface area contributed by atoms with Crippen molar-refractivity contribution in [2.75, 3.05) is 13.7 Å². The molecule has 28 heavy (non-hydrogen) atoms. The van der Waals surface area contributed by atoms with E-state index in [0.29, 0.717) is 22.3 Å². The minimum atomic E-state index is -1.06. The van der Waals surface area contributed by atoms with Gasteiger partial charge in [-0.05, 0) is 42.3 Å². The van der Waals surface area contributed by atoms with Crippen LogP contribution in [0.1, 0.15) is 23.7 Å². The predicted molar refractivity (Wildman–Crippen MR) is 104 cm³/mol. The van der Waals surface area contributed by atoms with E-state index < -0.39 is 17.3 Å². The van der Waals surface area contributed by atoms with E-state index >= 15 is 0 Å². The summed E-state index contributed by atoms with van der Waals surface area (Å²) in [5.41, 5.74) is 0.0713. The average molecular weight is 449 g/mol. The van der Waals surface area contributed by atoms with E-state index in [9.17, 15) is 13.6 Å². The highest BCUT2D eigenvalue weighted by atomic mass is 79.9. The molecule has 4 nitrogen and oxygen atoms in total. The topological polar surface area (TPSA) is 41.6 Å².